The summed E-state index contributed by atoms with van der Waals surface area (Å²) in [6, 6.07) is 12.1. The van der Waals surface area contributed by atoms with Crippen LogP contribution in [-0.4, -0.2) is 46.5 Å². The quantitative estimate of drug-likeness (QED) is 0.619. The Balaban J connectivity index is 1.70. The first-order valence-corrected chi connectivity index (χ1v) is 11.4. The van der Waals surface area contributed by atoms with Crippen molar-refractivity contribution in [1.82, 2.24) is 20.4 Å². The van der Waals surface area contributed by atoms with Crippen LogP contribution in [0.25, 0.3) is 11.1 Å². The number of aromatic nitrogens is 2. The molecule has 1 aliphatic heterocycles. The molecule has 2 aromatic heterocycles. The summed E-state index contributed by atoms with van der Waals surface area (Å²) < 4.78 is 5.22. The highest BCUT2D eigenvalue weighted by Gasteiger charge is 2.44. The molecule has 0 bridgehead atoms. The largest absolute Gasteiger partial charge is 0.361 e. The highest BCUT2D eigenvalue weighted by atomic mass is 16.5. The minimum absolute atomic E-state index is 0.00852. The van der Waals surface area contributed by atoms with Gasteiger partial charge in [0.2, 0.25) is 5.91 Å². The molecule has 0 radical (unpaired) electrons. The van der Waals surface area contributed by atoms with Crippen LogP contribution in [-0.2, 0) is 11.2 Å². The predicted octanol–water partition coefficient (Wildman–Crippen LogP) is 3.95. The third kappa shape index (κ3) is 4.53. The van der Waals surface area contributed by atoms with E-state index in [9.17, 15) is 9.59 Å². The van der Waals surface area contributed by atoms with Crippen molar-refractivity contribution in [2.45, 2.75) is 40.0 Å². The van der Waals surface area contributed by atoms with E-state index in [0.29, 0.717) is 43.1 Å². The van der Waals surface area contributed by atoms with Gasteiger partial charge in [0.15, 0.2) is 0 Å². The Kier molecular flexibility index (Phi) is 6.58. The van der Waals surface area contributed by atoms with Gasteiger partial charge in [-0.1, -0.05) is 29.4 Å². The molecule has 4 rings (SSSR count). The molecule has 1 N–H and O–H groups in total. The van der Waals surface area contributed by atoms with Gasteiger partial charge in [-0.05, 0) is 68.9 Å². The lowest BCUT2D eigenvalue weighted by Gasteiger charge is -2.42. The Labute approximate surface area is 194 Å². The van der Waals surface area contributed by atoms with E-state index in [2.05, 4.69) is 27.6 Å². The van der Waals surface area contributed by atoms with Crippen LogP contribution < -0.4 is 5.32 Å². The summed E-state index contributed by atoms with van der Waals surface area (Å²) in [5.74, 6) is 0.377. The summed E-state index contributed by atoms with van der Waals surface area (Å²) in [7, 11) is 0. The molecule has 3 heterocycles. The summed E-state index contributed by atoms with van der Waals surface area (Å²) in [4.78, 5) is 32.8. The number of rotatable bonds is 6. The maximum Gasteiger partial charge on any atom is 0.259 e. The summed E-state index contributed by atoms with van der Waals surface area (Å²) in [5, 5.41) is 6.97. The minimum Gasteiger partial charge on any atom is -0.361 e. The first-order chi connectivity index (χ1) is 15.9. The van der Waals surface area contributed by atoms with Crippen LogP contribution in [0, 0.1) is 19.3 Å². The molecule has 3 aromatic rings. The summed E-state index contributed by atoms with van der Waals surface area (Å²) >= 11 is 0. The number of hydrogen-bond acceptors (Lipinski definition) is 5. The SMILES string of the molecule is CCNC(=O)[C@]1(Cc2ccccc2-c2ccncc2)CCCN(C(=O)c2c(C)noc2C)C1. The maximum absolute atomic E-state index is 13.5. The third-order valence-corrected chi connectivity index (χ3v) is 6.47. The molecule has 7 heteroatoms. The van der Waals surface area contributed by atoms with Crippen molar-refractivity contribution in [2.75, 3.05) is 19.6 Å². The van der Waals surface area contributed by atoms with Gasteiger partial charge < -0.3 is 14.7 Å². The van der Waals surface area contributed by atoms with Crippen molar-refractivity contribution in [1.29, 1.82) is 0 Å². The third-order valence-electron chi connectivity index (χ3n) is 6.47. The number of likely N-dealkylation sites (tertiary alicyclic amines) is 1. The Hall–Kier alpha value is -3.48. The van der Waals surface area contributed by atoms with Gasteiger partial charge in [0, 0.05) is 32.0 Å². The van der Waals surface area contributed by atoms with Crippen LogP contribution in [0.4, 0.5) is 0 Å². The van der Waals surface area contributed by atoms with Gasteiger partial charge in [-0.15, -0.1) is 0 Å². The van der Waals surface area contributed by atoms with Gasteiger partial charge in [-0.3, -0.25) is 14.6 Å². The van der Waals surface area contributed by atoms with Crippen LogP contribution in [0.2, 0.25) is 0 Å². The summed E-state index contributed by atoms with van der Waals surface area (Å²) in [5.41, 5.74) is 3.59. The van der Waals surface area contributed by atoms with Crippen LogP contribution in [0.5, 0.6) is 0 Å². The lowest BCUT2D eigenvalue weighted by molar-refractivity contribution is -0.133. The number of benzene rings is 1. The fraction of sp³-hybridized carbons (Fsp3) is 0.385. The van der Waals surface area contributed by atoms with Crippen LogP contribution in [0.1, 0.15) is 47.1 Å². The molecule has 0 unspecified atom stereocenters. The molecule has 1 aliphatic rings. The number of nitrogens with one attached hydrogen (secondary N) is 1. The zero-order valence-electron chi connectivity index (χ0n) is 19.4. The average Bonchev–Trinajstić information content (AvgIpc) is 3.17. The molecule has 0 aliphatic carbocycles. The lowest BCUT2D eigenvalue weighted by Crippen LogP contribution is -2.54. The second-order valence-corrected chi connectivity index (χ2v) is 8.74. The summed E-state index contributed by atoms with van der Waals surface area (Å²) in [6.07, 6.45) is 5.56. The second-order valence-electron chi connectivity index (χ2n) is 8.74. The molecular formula is C26H30N4O3. The number of hydrogen-bond donors (Lipinski definition) is 1. The predicted molar refractivity (Wildman–Crippen MR) is 126 cm³/mol. The second kappa shape index (κ2) is 9.57. The van der Waals surface area contributed by atoms with Crippen LogP contribution >= 0.6 is 0 Å². The smallest absolute Gasteiger partial charge is 0.259 e. The lowest BCUT2D eigenvalue weighted by atomic mass is 9.73. The van der Waals surface area contributed by atoms with Gasteiger partial charge in [-0.2, -0.15) is 0 Å². The first-order valence-electron chi connectivity index (χ1n) is 11.4. The van der Waals surface area contributed by atoms with Crippen molar-refractivity contribution < 1.29 is 14.1 Å². The molecule has 7 nitrogen and oxygen atoms in total. The molecule has 1 aromatic carbocycles. The fourth-order valence-corrected chi connectivity index (χ4v) is 4.86. The Morgan fingerprint density at radius 1 is 1.15 bits per heavy atom. The molecule has 33 heavy (non-hydrogen) atoms. The number of aryl methyl sites for hydroxylation is 2. The van der Waals surface area contributed by atoms with E-state index in [1.54, 1.807) is 31.1 Å². The monoisotopic (exact) mass is 446 g/mol. The number of pyridine rings is 1. The Morgan fingerprint density at radius 3 is 2.61 bits per heavy atom. The fourth-order valence-electron chi connectivity index (χ4n) is 4.86. The molecule has 0 spiro atoms. The zero-order valence-corrected chi connectivity index (χ0v) is 19.4. The van der Waals surface area contributed by atoms with E-state index in [1.807, 2.05) is 31.2 Å². The molecule has 172 valence electrons. The zero-order chi connectivity index (χ0) is 23.4. The number of carbonyl (C=O) groups excluding carboxylic acids is 2. The van der Waals surface area contributed by atoms with Crippen molar-refractivity contribution in [3.63, 3.8) is 0 Å². The van der Waals surface area contributed by atoms with E-state index >= 15 is 0 Å². The topological polar surface area (TPSA) is 88.3 Å². The highest BCUT2D eigenvalue weighted by Crippen LogP contribution is 2.38. The normalized spacial score (nSPS) is 18.2. The van der Waals surface area contributed by atoms with Crippen LogP contribution in [0.15, 0.2) is 53.3 Å². The van der Waals surface area contributed by atoms with Gasteiger partial charge in [-0.25, -0.2) is 0 Å². The maximum atomic E-state index is 13.5. The summed E-state index contributed by atoms with van der Waals surface area (Å²) in [6.45, 7) is 6.95. The van der Waals surface area contributed by atoms with Crippen molar-refractivity contribution in [3.05, 3.63) is 71.4 Å². The van der Waals surface area contributed by atoms with Crippen molar-refractivity contribution in [2.24, 2.45) is 5.41 Å². The molecular weight excluding hydrogens is 416 g/mol. The van der Waals surface area contributed by atoms with E-state index in [1.165, 1.54) is 0 Å². The molecule has 0 saturated carbocycles. The van der Waals surface area contributed by atoms with Crippen LogP contribution in [0.3, 0.4) is 0 Å². The van der Waals surface area contributed by atoms with Gasteiger partial charge >= 0.3 is 0 Å². The van der Waals surface area contributed by atoms with Crippen molar-refractivity contribution >= 4 is 11.8 Å². The number of carbonyl (C=O) groups is 2. The number of amides is 2. The van der Waals surface area contributed by atoms with Gasteiger partial charge in [0.05, 0.1) is 11.1 Å². The highest BCUT2D eigenvalue weighted by molar-refractivity contribution is 5.97. The van der Waals surface area contributed by atoms with Gasteiger partial charge in [0.1, 0.15) is 11.3 Å². The first kappa shape index (κ1) is 22.7. The average molecular weight is 447 g/mol. The van der Waals surface area contributed by atoms with Gasteiger partial charge in [0.25, 0.3) is 5.91 Å². The van der Waals surface area contributed by atoms with Crippen molar-refractivity contribution in [3.8, 4) is 11.1 Å². The standard InChI is InChI=1S/C26H30N4O3/c1-4-28-25(32)26(16-21-8-5-6-9-22(21)20-10-13-27-14-11-20)12-7-15-30(17-26)24(31)23-18(2)29-33-19(23)3/h5-6,8-11,13-14H,4,7,12,15-17H2,1-3H3,(H,28,32)/t26-/m0/s1. The van der Waals surface area contributed by atoms with E-state index < -0.39 is 5.41 Å². The number of nitrogens with zero attached hydrogens (tertiary/aromatic N) is 3. The number of piperidine rings is 1. The molecule has 2 amide bonds. The Bertz CT molecular complexity index is 1120. The molecule has 1 saturated heterocycles. The molecule has 1 fully saturated rings. The van der Waals surface area contributed by atoms with E-state index in [4.69, 9.17) is 4.52 Å². The Morgan fingerprint density at radius 2 is 1.91 bits per heavy atom. The van der Waals surface area contributed by atoms with E-state index in [0.717, 1.165) is 29.5 Å². The molecule has 1 atom stereocenters. The van der Waals surface area contributed by atoms with E-state index in [-0.39, 0.29) is 11.8 Å². The minimum atomic E-state index is -0.716.